The van der Waals surface area contributed by atoms with Gasteiger partial charge in [0.1, 0.15) is 11.6 Å². The molecule has 1 atom stereocenters. The minimum atomic E-state index is 0.318. The number of hydrogen-bond acceptors (Lipinski definition) is 6. The Morgan fingerprint density at radius 3 is 2.83 bits per heavy atom. The number of aromatic nitrogens is 3. The fourth-order valence-corrected chi connectivity index (χ4v) is 3.65. The molecule has 2 heterocycles. The SMILES string of the molecule is COc1ccc(-n2c(CCN)nnc2SC[C@@H]2CCCO2)cc1. The summed E-state index contributed by atoms with van der Waals surface area (Å²) in [5.74, 6) is 2.61. The Hall–Kier alpha value is -1.57. The molecule has 1 fully saturated rings. The van der Waals surface area contributed by atoms with Gasteiger partial charge in [0, 0.05) is 24.5 Å². The summed E-state index contributed by atoms with van der Waals surface area (Å²) in [6, 6.07) is 7.91. The van der Waals surface area contributed by atoms with Crippen LogP contribution in [0.2, 0.25) is 0 Å². The van der Waals surface area contributed by atoms with Gasteiger partial charge < -0.3 is 15.2 Å². The number of nitrogens with two attached hydrogens (primary N) is 1. The predicted octanol–water partition coefficient (Wildman–Crippen LogP) is 2.05. The topological polar surface area (TPSA) is 75.2 Å². The van der Waals surface area contributed by atoms with Crippen LogP contribution < -0.4 is 10.5 Å². The molecular weight excluding hydrogens is 312 g/mol. The Bertz CT molecular complexity index is 624. The van der Waals surface area contributed by atoms with E-state index in [1.165, 1.54) is 0 Å². The lowest BCUT2D eigenvalue weighted by Gasteiger charge is -2.12. The highest BCUT2D eigenvalue weighted by Crippen LogP contribution is 2.26. The average molecular weight is 334 g/mol. The van der Waals surface area contributed by atoms with Gasteiger partial charge in [-0.3, -0.25) is 4.57 Å². The van der Waals surface area contributed by atoms with Gasteiger partial charge in [-0.1, -0.05) is 11.8 Å². The van der Waals surface area contributed by atoms with Gasteiger partial charge in [-0.25, -0.2) is 0 Å². The van der Waals surface area contributed by atoms with Crippen LogP contribution in [0.5, 0.6) is 5.75 Å². The predicted molar refractivity (Wildman–Crippen MR) is 90.4 cm³/mol. The first-order chi connectivity index (χ1) is 11.3. The van der Waals surface area contributed by atoms with Gasteiger partial charge in [-0.2, -0.15) is 0 Å². The Labute approximate surface area is 140 Å². The molecule has 124 valence electrons. The summed E-state index contributed by atoms with van der Waals surface area (Å²) in [7, 11) is 1.66. The van der Waals surface area contributed by atoms with Crippen molar-refractivity contribution in [3.63, 3.8) is 0 Å². The molecule has 1 aromatic carbocycles. The molecule has 7 heteroatoms. The number of thioether (sulfide) groups is 1. The molecule has 0 saturated carbocycles. The van der Waals surface area contributed by atoms with Crippen molar-refractivity contribution >= 4 is 11.8 Å². The summed E-state index contributed by atoms with van der Waals surface area (Å²) in [4.78, 5) is 0. The van der Waals surface area contributed by atoms with E-state index in [0.717, 1.165) is 47.6 Å². The molecule has 1 aromatic heterocycles. The van der Waals surface area contributed by atoms with Gasteiger partial charge in [0.2, 0.25) is 0 Å². The molecule has 1 aliphatic heterocycles. The summed E-state index contributed by atoms with van der Waals surface area (Å²) in [5.41, 5.74) is 6.73. The lowest BCUT2D eigenvalue weighted by Crippen LogP contribution is -2.11. The van der Waals surface area contributed by atoms with Crippen molar-refractivity contribution in [2.24, 2.45) is 5.73 Å². The molecule has 23 heavy (non-hydrogen) atoms. The molecule has 6 nitrogen and oxygen atoms in total. The van der Waals surface area contributed by atoms with Crippen LogP contribution >= 0.6 is 11.8 Å². The van der Waals surface area contributed by atoms with E-state index in [4.69, 9.17) is 15.2 Å². The standard InChI is InChI=1S/C16H22N4O2S/c1-21-13-6-4-12(5-7-13)20-15(8-9-17)18-19-16(20)23-11-14-3-2-10-22-14/h4-7,14H,2-3,8-11,17H2,1H3/t14-/m0/s1. The maximum Gasteiger partial charge on any atom is 0.195 e. The molecule has 0 spiro atoms. The quantitative estimate of drug-likeness (QED) is 0.781. The minimum absolute atomic E-state index is 0.318. The maximum atomic E-state index is 5.71. The molecule has 0 bridgehead atoms. The molecular formula is C16H22N4O2S. The second-order valence-electron chi connectivity index (χ2n) is 5.42. The van der Waals surface area contributed by atoms with Gasteiger partial charge in [0.05, 0.1) is 13.2 Å². The van der Waals surface area contributed by atoms with Crippen LogP contribution in [-0.4, -0.2) is 46.9 Å². The second kappa shape index (κ2) is 7.81. The molecule has 0 amide bonds. The monoisotopic (exact) mass is 334 g/mol. The zero-order valence-corrected chi connectivity index (χ0v) is 14.1. The van der Waals surface area contributed by atoms with E-state index < -0.39 is 0 Å². The fraction of sp³-hybridized carbons (Fsp3) is 0.500. The van der Waals surface area contributed by atoms with Crippen molar-refractivity contribution in [1.82, 2.24) is 14.8 Å². The third-order valence-corrected chi connectivity index (χ3v) is 4.88. The summed E-state index contributed by atoms with van der Waals surface area (Å²) in [6.45, 7) is 1.42. The van der Waals surface area contributed by atoms with Crippen LogP contribution in [0.3, 0.4) is 0 Å². The smallest absolute Gasteiger partial charge is 0.195 e. The van der Waals surface area contributed by atoms with Gasteiger partial charge in [0.25, 0.3) is 0 Å². The molecule has 2 aromatic rings. The number of methoxy groups -OCH3 is 1. The van der Waals surface area contributed by atoms with Gasteiger partial charge in [-0.15, -0.1) is 10.2 Å². The first-order valence-electron chi connectivity index (χ1n) is 7.85. The second-order valence-corrected chi connectivity index (χ2v) is 6.40. The van der Waals surface area contributed by atoms with E-state index in [9.17, 15) is 0 Å². The van der Waals surface area contributed by atoms with Crippen LogP contribution in [0.15, 0.2) is 29.4 Å². The van der Waals surface area contributed by atoms with Crippen molar-refractivity contribution in [3.05, 3.63) is 30.1 Å². The zero-order chi connectivity index (χ0) is 16.1. The van der Waals surface area contributed by atoms with Crippen LogP contribution in [0, 0.1) is 0 Å². The van der Waals surface area contributed by atoms with E-state index in [1.807, 2.05) is 24.3 Å². The van der Waals surface area contributed by atoms with Crippen molar-refractivity contribution in [1.29, 1.82) is 0 Å². The Balaban J connectivity index is 1.83. The number of ether oxygens (including phenoxy) is 2. The normalized spacial score (nSPS) is 17.6. The van der Waals surface area contributed by atoms with Gasteiger partial charge in [-0.05, 0) is 43.7 Å². The van der Waals surface area contributed by atoms with Crippen molar-refractivity contribution < 1.29 is 9.47 Å². The molecule has 3 rings (SSSR count). The van der Waals surface area contributed by atoms with Crippen LogP contribution in [0.25, 0.3) is 5.69 Å². The van der Waals surface area contributed by atoms with E-state index in [0.29, 0.717) is 19.1 Å². The van der Waals surface area contributed by atoms with Gasteiger partial charge >= 0.3 is 0 Å². The van der Waals surface area contributed by atoms with E-state index in [1.54, 1.807) is 18.9 Å². The molecule has 0 aliphatic carbocycles. The third-order valence-electron chi connectivity index (χ3n) is 3.82. The third kappa shape index (κ3) is 3.85. The van der Waals surface area contributed by atoms with Crippen LogP contribution in [0.4, 0.5) is 0 Å². The highest BCUT2D eigenvalue weighted by molar-refractivity contribution is 7.99. The first-order valence-corrected chi connectivity index (χ1v) is 8.83. The summed E-state index contributed by atoms with van der Waals surface area (Å²) in [5, 5.41) is 9.54. The van der Waals surface area contributed by atoms with Crippen LogP contribution in [-0.2, 0) is 11.2 Å². The number of hydrogen-bond donors (Lipinski definition) is 1. The highest BCUT2D eigenvalue weighted by Gasteiger charge is 2.19. The molecule has 2 N–H and O–H groups in total. The highest BCUT2D eigenvalue weighted by atomic mass is 32.2. The zero-order valence-electron chi connectivity index (χ0n) is 13.3. The van der Waals surface area contributed by atoms with Crippen molar-refractivity contribution in [2.45, 2.75) is 30.5 Å². The van der Waals surface area contributed by atoms with E-state index >= 15 is 0 Å². The maximum absolute atomic E-state index is 5.71. The minimum Gasteiger partial charge on any atom is -0.497 e. The van der Waals surface area contributed by atoms with E-state index in [2.05, 4.69) is 14.8 Å². The summed E-state index contributed by atoms with van der Waals surface area (Å²) < 4.78 is 13.0. The van der Waals surface area contributed by atoms with Crippen LogP contribution in [0.1, 0.15) is 18.7 Å². The number of benzene rings is 1. The number of rotatable bonds is 7. The first kappa shape index (κ1) is 16.3. The lowest BCUT2D eigenvalue weighted by atomic mass is 10.3. The molecule has 1 saturated heterocycles. The number of nitrogens with zero attached hydrogens (tertiary/aromatic N) is 3. The van der Waals surface area contributed by atoms with Gasteiger partial charge in [0.15, 0.2) is 5.16 Å². The van der Waals surface area contributed by atoms with Crippen molar-refractivity contribution in [2.75, 3.05) is 26.0 Å². The molecule has 0 radical (unpaired) electrons. The molecule has 0 unspecified atom stereocenters. The average Bonchev–Trinajstić information content (AvgIpc) is 3.23. The molecule has 1 aliphatic rings. The fourth-order valence-electron chi connectivity index (χ4n) is 2.62. The Kier molecular flexibility index (Phi) is 5.53. The Morgan fingerprint density at radius 2 is 2.17 bits per heavy atom. The summed E-state index contributed by atoms with van der Waals surface area (Å²) >= 11 is 1.69. The summed E-state index contributed by atoms with van der Waals surface area (Å²) in [6.07, 6.45) is 3.28. The van der Waals surface area contributed by atoms with E-state index in [-0.39, 0.29) is 0 Å². The van der Waals surface area contributed by atoms with Crippen molar-refractivity contribution in [3.8, 4) is 11.4 Å². The Morgan fingerprint density at radius 1 is 1.35 bits per heavy atom. The largest absolute Gasteiger partial charge is 0.497 e. The lowest BCUT2D eigenvalue weighted by molar-refractivity contribution is 0.129.